The summed E-state index contributed by atoms with van der Waals surface area (Å²) < 4.78 is 10.7. The van der Waals surface area contributed by atoms with Gasteiger partial charge in [0.1, 0.15) is 0 Å². The molecule has 2 aliphatic heterocycles. The lowest BCUT2D eigenvalue weighted by atomic mass is 10.1. The van der Waals surface area contributed by atoms with Gasteiger partial charge in [0.2, 0.25) is 12.7 Å². The SMILES string of the molecule is CC1Cc2ccccc2N1CC(=O)Nc1ccccc1C(=O)Nc1ccc2c(c1)OCO2. The number of carbonyl (C=O) groups is 2. The van der Waals surface area contributed by atoms with Gasteiger partial charge < -0.3 is 25.0 Å². The van der Waals surface area contributed by atoms with Gasteiger partial charge in [-0.2, -0.15) is 0 Å². The fourth-order valence-electron chi connectivity index (χ4n) is 4.18. The van der Waals surface area contributed by atoms with Crippen LogP contribution in [0, 0.1) is 0 Å². The van der Waals surface area contributed by atoms with Crippen LogP contribution in [0.25, 0.3) is 0 Å². The Labute approximate surface area is 185 Å². The van der Waals surface area contributed by atoms with E-state index >= 15 is 0 Å². The van der Waals surface area contributed by atoms with Gasteiger partial charge in [-0.3, -0.25) is 9.59 Å². The van der Waals surface area contributed by atoms with Crippen molar-refractivity contribution in [2.45, 2.75) is 19.4 Å². The molecule has 3 aromatic rings. The number of amides is 2. The van der Waals surface area contributed by atoms with Gasteiger partial charge >= 0.3 is 0 Å². The molecule has 0 radical (unpaired) electrons. The smallest absolute Gasteiger partial charge is 0.257 e. The molecule has 0 aliphatic carbocycles. The highest BCUT2D eigenvalue weighted by Crippen LogP contribution is 2.34. The summed E-state index contributed by atoms with van der Waals surface area (Å²) in [6, 6.07) is 20.6. The Morgan fingerprint density at radius 1 is 0.969 bits per heavy atom. The Hall–Kier alpha value is -4.00. The zero-order valence-corrected chi connectivity index (χ0v) is 17.6. The van der Waals surface area contributed by atoms with Gasteiger partial charge in [0.05, 0.1) is 17.8 Å². The molecule has 2 N–H and O–H groups in total. The Balaban J connectivity index is 1.29. The van der Waals surface area contributed by atoms with E-state index in [1.54, 1.807) is 42.5 Å². The van der Waals surface area contributed by atoms with E-state index in [0.29, 0.717) is 28.4 Å². The van der Waals surface area contributed by atoms with Crippen LogP contribution in [0.4, 0.5) is 17.1 Å². The maximum absolute atomic E-state index is 12.9. The zero-order chi connectivity index (χ0) is 22.1. The molecule has 1 unspecified atom stereocenters. The molecule has 0 saturated heterocycles. The Morgan fingerprint density at radius 2 is 1.75 bits per heavy atom. The van der Waals surface area contributed by atoms with Crippen LogP contribution in [-0.2, 0) is 11.2 Å². The summed E-state index contributed by atoms with van der Waals surface area (Å²) in [5, 5.41) is 5.77. The van der Waals surface area contributed by atoms with Crippen LogP contribution >= 0.6 is 0 Å². The summed E-state index contributed by atoms with van der Waals surface area (Å²) in [5.41, 5.74) is 3.77. The van der Waals surface area contributed by atoms with Crippen molar-refractivity contribution in [2.24, 2.45) is 0 Å². The summed E-state index contributed by atoms with van der Waals surface area (Å²) in [6.45, 7) is 2.50. The van der Waals surface area contributed by atoms with Crippen LogP contribution in [0.1, 0.15) is 22.8 Å². The molecule has 2 heterocycles. The van der Waals surface area contributed by atoms with Crippen molar-refractivity contribution in [2.75, 3.05) is 28.9 Å². The van der Waals surface area contributed by atoms with E-state index in [-0.39, 0.29) is 31.2 Å². The first-order valence-electron chi connectivity index (χ1n) is 10.5. The normalized spacial score (nSPS) is 15.9. The quantitative estimate of drug-likeness (QED) is 0.640. The number of ether oxygens (including phenoxy) is 2. The van der Waals surface area contributed by atoms with Gasteiger partial charge in [0, 0.05) is 23.5 Å². The maximum atomic E-state index is 12.9. The van der Waals surface area contributed by atoms with E-state index in [4.69, 9.17) is 9.47 Å². The Morgan fingerprint density at radius 3 is 2.66 bits per heavy atom. The van der Waals surface area contributed by atoms with Crippen LogP contribution in [0.2, 0.25) is 0 Å². The number of hydrogen-bond donors (Lipinski definition) is 2. The Kier molecular flexibility index (Phi) is 5.15. The molecule has 2 aliphatic rings. The van der Waals surface area contributed by atoms with Crippen molar-refractivity contribution in [3.8, 4) is 11.5 Å². The number of rotatable bonds is 5. The van der Waals surface area contributed by atoms with E-state index in [9.17, 15) is 9.59 Å². The summed E-state index contributed by atoms with van der Waals surface area (Å²) in [7, 11) is 0. The van der Waals surface area contributed by atoms with Gasteiger partial charge in [-0.05, 0) is 49.2 Å². The highest BCUT2D eigenvalue weighted by Gasteiger charge is 2.27. The summed E-state index contributed by atoms with van der Waals surface area (Å²) in [6.07, 6.45) is 0.915. The lowest BCUT2D eigenvalue weighted by Gasteiger charge is -2.24. The van der Waals surface area contributed by atoms with Gasteiger partial charge in [-0.1, -0.05) is 30.3 Å². The second-order valence-corrected chi connectivity index (χ2v) is 7.93. The van der Waals surface area contributed by atoms with Crippen LogP contribution in [0.15, 0.2) is 66.7 Å². The van der Waals surface area contributed by atoms with Gasteiger partial charge in [-0.15, -0.1) is 0 Å². The van der Waals surface area contributed by atoms with E-state index in [2.05, 4.69) is 28.5 Å². The van der Waals surface area contributed by atoms with Crippen molar-refractivity contribution in [1.29, 1.82) is 0 Å². The van der Waals surface area contributed by atoms with Crippen LogP contribution in [0.5, 0.6) is 11.5 Å². The largest absolute Gasteiger partial charge is 0.454 e. The molecule has 32 heavy (non-hydrogen) atoms. The number of fused-ring (bicyclic) bond motifs is 2. The second-order valence-electron chi connectivity index (χ2n) is 7.93. The molecular weight excluding hydrogens is 406 g/mol. The first kappa shape index (κ1) is 19.9. The van der Waals surface area contributed by atoms with Crippen molar-refractivity contribution < 1.29 is 19.1 Å². The lowest BCUT2D eigenvalue weighted by Crippen LogP contribution is -2.37. The van der Waals surface area contributed by atoms with Gasteiger partial charge in [0.15, 0.2) is 11.5 Å². The number of carbonyl (C=O) groups excluding carboxylic acids is 2. The minimum absolute atomic E-state index is 0.168. The third-order valence-electron chi connectivity index (χ3n) is 5.74. The highest BCUT2D eigenvalue weighted by atomic mass is 16.7. The van der Waals surface area contributed by atoms with E-state index in [1.165, 1.54) is 5.56 Å². The van der Waals surface area contributed by atoms with Gasteiger partial charge in [-0.25, -0.2) is 0 Å². The highest BCUT2D eigenvalue weighted by molar-refractivity contribution is 6.10. The summed E-state index contributed by atoms with van der Waals surface area (Å²) >= 11 is 0. The average molecular weight is 429 g/mol. The minimum Gasteiger partial charge on any atom is -0.454 e. The molecule has 162 valence electrons. The van der Waals surface area contributed by atoms with Crippen LogP contribution < -0.4 is 25.0 Å². The van der Waals surface area contributed by atoms with E-state index in [1.807, 2.05) is 18.2 Å². The first-order chi connectivity index (χ1) is 15.6. The average Bonchev–Trinajstić information content (AvgIpc) is 3.38. The molecule has 2 amide bonds. The minimum atomic E-state index is -0.320. The molecule has 7 heteroatoms. The molecular formula is C25H23N3O4. The van der Waals surface area contributed by atoms with Crippen molar-refractivity contribution in [1.82, 2.24) is 0 Å². The van der Waals surface area contributed by atoms with Crippen molar-refractivity contribution in [3.05, 3.63) is 77.9 Å². The molecule has 1 atom stereocenters. The molecule has 0 aromatic heterocycles. The predicted molar refractivity (Wildman–Crippen MR) is 123 cm³/mol. The summed E-state index contributed by atoms with van der Waals surface area (Å²) in [4.78, 5) is 27.9. The zero-order valence-electron chi connectivity index (χ0n) is 17.6. The molecule has 3 aromatic carbocycles. The van der Waals surface area contributed by atoms with Crippen LogP contribution in [-0.4, -0.2) is 31.2 Å². The number of hydrogen-bond acceptors (Lipinski definition) is 5. The number of nitrogens with one attached hydrogen (secondary N) is 2. The fraction of sp³-hybridized carbons (Fsp3) is 0.200. The molecule has 5 rings (SSSR count). The standard InChI is InChI=1S/C25H23N3O4/c1-16-12-17-6-2-5-9-21(17)28(16)14-24(29)27-20-8-4-3-7-19(20)25(30)26-18-10-11-22-23(13-18)32-15-31-22/h2-11,13,16H,12,14-15H2,1H3,(H,26,30)(H,27,29). The fourth-order valence-corrected chi connectivity index (χ4v) is 4.18. The monoisotopic (exact) mass is 429 g/mol. The number of anilines is 3. The molecule has 0 bridgehead atoms. The second kappa shape index (κ2) is 8.26. The maximum Gasteiger partial charge on any atom is 0.257 e. The number of benzene rings is 3. The van der Waals surface area contributed by atoms with E-state index < -0.39 is 0 Å². The lowest BCUT2D eigenvalue weighted by molar-refractivity contribution is -0.115. The predicted octanol–water partition coefficient (Wildman–Crippen LogP) is 4.06. The number of para-hydroxylation sites is 2. The third-order valence-corrected chi connectivity index (χ3v) is 5.74. The van der Waals surface area contributed by atoms with Gasteiger partial charge in [0.25, 0.3) is 5.91 Å². The first-order valence-corrected chi connectivity index (χ1v) is 10.5. The molecule has 0 saturated carbocycles. The molecule has 0 spiro atoms. The topological polar surface area (TPSA) is 79.9 Å². The van der Waals surface area contributed by atoms with Crippen molar-refractivity contribution in [3.63, 3.8) is 0 Å². The Bertz CT molecular complexity index is 1190. The molecule has 0 fully saturated rings. The van der Waals surface area contributed by atoms with E-state index in [0.717, 1.165) is 12.1 Å². The molecule has 7 nitrogen and oxygen atoms in total. The van der Waals surface area contributed by atoms with Crippen LogP contribution in [0.3, 0.4) is 0 Å². The third kappa shape index (κ3) is 3.85. The summed E-state index contributed by atoms with van der Waals surface area (Å²) in [5.74, 6) is 0.745. The van der Waals surface area contributed by atoms with Crippen molar-refractivity contribution >= 4 is 28.9 Å². The number of nitrogens with zero attached hydrogens (tertiary/aromatic N) is 1.